The topological polar surface area (TPSA) is 55.4 Å². The van der Waals surface area contributed by atoms with Crippen LogP contribution in [0, 0.1) is 0 Å². The fraction of sp³-hybridized carbons (Fsp3) is 0.467. The number of nitrogens with one attached hydrogen (secondary N) is 1. The number of hydrogen-bond donors (Lipinski definition) is 1. The van der Waals surface area contributed by atoms with Crippen LogP contribution in [0.4, 0.5) is 0 Å². The van der Waals surface area contributed by atoms with Gasteiger partial charge in [0, 0.05) is 0 Å². The number of esters is 1. The molecule has 1 rings (SSSR count). The summed E-state index contributed by atoms with van der Waals surface area (Å²) in [7, 11) is 0. The van der Waals surface area contributed by atoms with E-state index in [4.69, 9.17) is 16.3 Å². The predicted molar refractivity (Wildman–Crippen MR) is 78.9 cm³/mol. The molecule has 20 heavy (non-hydrogen) atoms. The summed E-state index contributed by atoms with van der Waals surface area (Å²) in [5, 5.41) is 2.93. The molecule has 1 aromatic rings. The molecular formula is C15H20ClNO3. The Labute approximate surface area is 124 Å². The molecule has 0 spiro atoms. The lowest BCUT2D eigenvalue weighted by atomic mass is 10.2. The first-order valence-electron chi connectivity index (χ1n) is 6.78. The maximum absolute atomic E-state index is 12.0. The molecule has 0 heterocycles. The molecule has 1 amide bonds. The van der Waals surface area contributed by atoms with Crippen LogP contribution in [0.15, 0.2) is 24.3 Å². The molecule has 110 valence electrons. The van der Waals surface area contributed by atoms with Crippen LogP contribution < -0.4 is 5.32 Å². The number of carbonyl (C=O) groups is 2. The van der Waals surface area contributed by atoms with Crippen molar-refractivity contribution in [1.29, 1.82) is 0 Å². The second-order valence-electron chi connectivity index (χ2n) is 4.55. The Balaban J connectivity index is 2.45. The van der Waals surface area contributed by atoms with E-state index in [0.29, 0.717) is 17.2 Å². The highest BCUT2D eigenvalue weighted by Crippen LogP contribution is 2.14. The SMILES string of the molecule is CCCCCOC(=O)C(C)NC(=O)c1ccccc1Cl. The fourth-order valence-corrected chi connectivity index (χ4v) is 1.85. The first-order chi connectivity index (χ1) is 9.56. The zero-order valence-corrected chi connectivity index (χ0v) is 12.6. The van der Waals surface area contributed by atoms with Gasteiger partial charge in [0.25, 0.3) is 5.91 Å². The second kappa shape index (κ2) is 8.59. The number of amides is 1. The average Bonchev–Trinajstić information content (AvgIpc) is 2.43. The number of unbranched alkanes of at least 4 members (excludes halogenated alkanes) is 2. The van der Waals surface area contributed by atoms with Crippen molar-refractivity contribution >= 4 is 23.5 Å². The van der Waals surface area contributed by atoms with Crippen molar-refractivity contribution < 1.29 is 14.3 Å². The first-order valence-corrected chi connectivity index (χ1v) is 7.16. The molecule has 0 fully saturated rings. The number of halogens is 1. The molecule has 0 saturated carbocycles. The van der Waals surface area contributed by atoms with Crippen molar-refractivity contribution in [3.63, 3.8) is 0 Å². The molecule has 1 aromatic carbocycles. The van der Waals surface area contributed by atoms with Gasteiger partial charge in [0.1, 0.15) is 6.04 Å². The molecule has 0 saturated heterocycles. The maximum Gasteiger partial charge on any atom is 0.328 e. The summed E-state index contributed by atoms with van der Waals surface area (Å²) in [6.07, 6.45) is 2.93. The van der Waals surface area contributed by atoms with Gasteiger partial charge in [-0.1, -0.05) is 43.5 Å². The third-order valence-electron chi connectivity index (χ3n) is 2.81. The molecule has 5 heteroatoms. The Morgan fingerprint density at radius 3 is 2.65 bits per heavy atom. The van der Waals surface area contributed by atoms with E-state index in [0.717, 1.165) is 19.3 Å². The summed E-state index contributed by atoms with van der Waals surface area (Å²) in [4.78, 5) is 23.6. The lowest BCUT2D eigenvalue weighted by Crippen LogP contribution is -2.39. The summed E-state index contributed by atoms with van der Waals surface area (Å²) < 4.78 is 5.09. The largest absolute Gasteiger partial charge is 0.464 e. The first kappa shape index (κ1) is 16.5. The minimum Gasteiger partial charge on any atom is -0.464 e. The van der Waals surface area contributed by atoms with Crippen LogP contribution in [-0.2, 0) is 9.53 Å². The lowest BCUT2D eigenvalue weighted by molar-refractivity contribution is -0.145. The Morgan fingerprint density at radius 1 is 1.30 bits per heavy atom. The highest BCUT2D eigenvalue weighted by atomic mass is 35.5. The fourth-order valence-electron chi connectivity index (χ4n) is 1.63. The standard InChI is InChI=1S/C15H20ClNO3/c1-3-4-7-10-20-15(19)11(2)17-14(18)12-8-5-6-9-13(12)16/h5-6,8-9,11H,3-4,7,10H2,1-2H3,(H,17,18). The van der Waals surface area contributed by atoms with E-state index in [1.165, 1.54) is 0 Å². The van der Waals surface area contributed by atoms with Crippen LogP contribution in [0.5, 0.6) is 0 Å². The molecule has 4 nitrogen and oxygen atoms in total. The van der Waals surface area contributed by atoms with E-state index < -0.39 is 12.0 Å². The number of rotatable bonds is 7. The third-order valence-corrected chi connectivity index (χ3v) is 3.14. The van der Waals surface area contributed by atoms with Crippen LogP contribution in [0.25, 0.3) is 0 Å². The van der Waals surface area contributed by atoms with Crippen molar-refractivity contribution in [2.75, 3.05) is 6.61 Å². The highest BCUT2D eigenvalue weighted by Gasteiger charge is 2.18. The molecule has 0 aliphatic carbocycles. The lowest BCUT2D eigenvalue weighted by Gasteiger charge is -2.13. The molecular weight excluding hydrogens is 278 g/mol. The molecule has 0 aromatic heterocycles. The van der Waals surface area contributed by atoms with E-state index in [2.05, 4.69) is 12.2 Å². The van der Waals surface area contributed by atoms with Crippen molar-refractivity contribution in [2.24, 2.45) is 0 Å². The monoisotopic (exact) mass is 297 g/mol. The van der Waals surface area contributed by atoms with E-state index in [-0.39, 0.29) is 5.91 Å². The van der Waals surface area contributed by atoms with E-state index in [1.807, 2.05) is 0 Å². The van der Waals surface area contributed by atoms with Crippen LogP contribution in [-0.4, -0.2) is 24.5 Å². The van der Waals surface area contributed by atoms with Gasteiger partial charge in [-0.25, -0.2) is 4.79 Å². The van der Waals surface area contributed by atoms with Crippen LogP contribution >= 0.6 is 11.6 Å². The molecule has 0 bridgehead atoms. The van der Waals surface area contributed by atoms with Gasteiger partial charge in [-0.2, -0.15) is 0 Å². The van der Waals surface area contributed by atoms with Gasteiger partial charge in [-0.05, 0) is 25.5 Å². The quantitative estimate of drug-likeness (QED) is 0.621. The summed E-state index contributed by atoms with van der Waals surface area (Å²) >= 11 is 5.92. The summed E-state index contributed by atoms with van der Waals surface area (Å²) in [5.74, 6) is -0.810. The van der Waals surface area contributed by atoms with Crippen LogP contribution in [0.1, 0.15) is 43.5 Å². The molecule has 0 aliphatic heterocycles. The zero-order chi connectivity index (χ0) is 15.0. The minimum absolute atomic E-state index is 0.347. The maximum atomic E-state index is 12.0. The molecule has 1 unspecified atom stereocenters. The normalized spacial score (nSPS) is 11.8. The Kier molecular flexibility index (Phi) is 7.09. The molecule has 1 atom stereocenters. The smallest absolute Gasteiger partial charge is 0.328 e. The number of hydrogen-bond acceptors (Lipinski definition) is 3. The molecule has 0 radical (unpaired) electrons. The zero-order valence-electron chi connectivity index (χ0n) is 11.8. The van der Waals surface area contributed by atoms with Gasteiger partial charge in [-0.3, -0.25) is 4.79 Å². The van der Waals surface area contributed by atoms with Crippen molar-refractivity contribution in [3.8, 4) is 0 Å². The van der Waals surface area contributed by atoms with Gasteiger partial charge < -0.3 is 10.1 Å². The van der Waals surface area contributed by atoms with Gasteiger partial charge >= 0.3 is 5.97 Å². The Bertz CT molecular complexity index is 462. The van der Waals surface area contributed by atoms with E-state index in [1.54, 1.807) is 31.2 Å². The van der Waals surface area contributed by atoms with Gasteiger partial charge in [-0.15, -0.1) is 0 Å². The van der Waals surface area contributed by atoms with Crippen molar-refractivity contribution in [2.45, 2.75) is 39.2 Å². The number of carbonyl (C=O) groups excluding carboxylic acids is 2. The average molecular weight is 298 g/mol. The number of ether oxygens (including phenoxy) is 1. The van der Waals surface area contributed by atoms with Crippen LogP contribution in [0.3, 0.4) is 0 Å². The Hall–Kier alpha value is -1.55. The van der Waals surface area contributed by atoms with Gasteiger partial charge in [0.05, 0.1) is 17.2 Å². The minimum atomic E-state index is -0.694. The second-order valence-corrected chi connectivity index (χ2v) is 4.96. The molecule has 0 aliphatic rings. The summed E-state index contributed by atoms with van der Waals surface area (Å²) in [5.41, 5.74) is 0.347. The van der Waals surface area contributed by atoms with Gasteiger partial charge in [0.15, 0.2) is 0 Å². The number of benzene rings is 1. The van der Waals surface area contributed by atoms with Crippen LogP contribution in [0.2, 0.25) is 5.02 Å². The van der Waals surface area contributed by atoms with Crippen molar-refractivity contribution in [1.82, 2.24) is 5.32 Å². The highest BCUT2D eigenvalue weighted by molar-refractivity contribution is 6.33. The van der Waals surface area contributed by atoms with E-state index >= 15 is 0 Å². The summed E-state index contributed by atoms with van der Waals surface area (Å²) in [6.45, 7) is 4.06. The third kappa shape index (κ3) is 5.21. The Morgan fingerprint density at radius 2 is 2.00 bits per heavy atom. The molecule has 1 N–H and O–H groups in total. The van der Waals surface area contributed by atoms with Gasteiger partial charge in [0.2, 0.25) is 0 Å². The van der Waals surface area contributed by atoms with E-state index in [9.17, 15) is 9.59 Å². The predicted octanol–water partition coefficient (Wildman–Crippen LogP) is 3.19. The van der Waals surface area contributed by atoms with Crippen molar-refractivity contribution in [3.05, 3.63) is 34.9 Å². The summed E-state index contributed by atoms with van der Waals surface area (Å²) in [6, 6.07) is 6.00.